The van der Waals surface area contributed by atoms with E-state index in [1.807, 2.05) is 0 Å². The SMILES string of the molecule is OC(c1ccc(Cl)cc1)(c1ccc(Cl)cc1)c1c[nH]nn1. The lowest BCUT2D eigenvalue weighted by Crippen LogP contribution is -2.29. The monoisotopic (exact) mass is 319 g/mol. The third-order valence-corrected chi connectivity index (χ3v) is 3.82. The number of nitrogens with zero attached hydrogens (tertiary/aromatic N) is 2. The Labute approximate surface area is 131 Å². The van der Waals surface area contributed by atoms with Crippen LogP contribution in [0.1, 0.15) is 16.8 Å². The van der Waals surface area contributed by atoms with Crippen molar-refractivity contribution in [3.63, 3.8) is 0 Å². The summed E-state index contributed by atoms with van der Waals surface area (Å²) in [5, 5.41) is 22.8. The van der Waals surface area contributed by atoms with Crippen LogP contribution in [0.15, 0.2) is 54.7 Å². The molecule has 3 aromatic rings. The van der Waals surface area contributed by atoms with Gasteiger partial charge in [-0.25, -0.2) is 0 Å². The second-order valence-electron chi connectivity index (χ2n) is 4.58. The summed E-state index contributed by atoms with van der Waals surface area (Å²) in [6.07, 6.45) is 1.56. The molecule has 21 heavy (non-hydrogen) atoms. The van der Waals surface area contributed by atoms with Gasteiger partial charge in [0, 0.05) is 16.2 Å². The van der Waals surface area contributed by atoms with E-state index in [0.29, 0.717) is 26.9 Å². The highest BCUT2D eigenvalue weighted by molar-refractivity contribution is 6.30. The maximum absolute atomic E-state index is 11.3. The Morgan fingerprint density at radius 1 is 0.857 bits per heavy atom. The number of halogens is 2. The van der Waals surface area contributed by atoms with Crippen molar-refractivity contribution >= 4 is 23.2 Å². The van der Waals surface area contributed by atoms with Gasteiger partial charge >= 0.3 is 0 Å². The first-order valence-electron chi connectivity index (χ1n) is 6.22. The molecule has 106 valence electrons. The largest absolute Gasteiger partial charge is 0.374 e. The van der Waals surface area contributed by atoms with Crippen molar-refractivity contribution in [1.82, 2.24) is 15.4 Å². The number of hydrogen-bond donors (Lipinski definition) is 2. The van der Waals surface area contributed by atoms with Gasteiger partial charge in [0.1, 0.15) is 5.69 Å². The van der Waals surface area contributed by atoms with Crippen molar-refractivity contribution in [1.29, 1.82) is 0 Å². The smallest absolute Gasteiger partial charge is 0.160 e. The van der Waals surface area contributed by atoms with E-state index < -0.39 is 5.60 Å². The highest BCUT2D eigenvalue weighted by Gasteiger charge is 2.36. The zero-order valence-corrected chi connectivity index (χ0v) is 12.3. The topological polar surface area (TPSA) is 61.8 Å². The Bertz CT molecular complexity index is 679. The predicted molar refractivity (Wildman–Crippen MR) is 81.4 cm³/mol. The third-order valence-electron chi connectivity index (χ3n) is 3.31. The minimum absolute atomic E-state index is 0.396. The molecule has 0 aliphatic rings. The first kappa shape index (κ1) is 14.1. The van der Waals surface area contributed by atoms with Gasteiger partial charge in [0.25, 0.3) is 0 Å². The number of aliphatic hydroxyl groups is 1. The molecular weight excluding hydrogens is 309 g/mol. The minimum Gasteiger partial charge on any atom is -0.374 e. The van der Waals surface area contributed by atoms with Gasteiger partial charge in [0.05, 0.1) is 0 Å². The molecule has 0 spiro atoms. The average molecular weight is 320 g/mol. The lowest BCUT2D eigenvalue weighted by Gasteiger charge is -2.27. The molecule has 0 aliphatic heterocycles. The van der Waals surface area contributed by atoms with Gasteiger partial charge in [-0.3, -0.25) is 5.10 Å². The summed E-state index contributed by atoms with van der Waals surface area (Å²) in [5.41, 5.74) is 0.251. The molecule has 4 nitrogen and oxygen atoms in total. The molecule has 2 N–H and O–H groups in total. The Morgan fingerprint density at radius 3 is 1.71 bits per heavy atom. The maximum atomic E-state index is 11.3. The number of aromatic nitrogens is 3. The second-order valence-corrected chi connectivity index (χ2v) is 5.46. The fraction of sp³-hybridized carbons (Fsp3) is 0.0667. The van der Waals surface area contributed by atoms with E-state index in [2.05, 4.69) is 15.4 Å². The molecule has 1 aromatic heterocycles. The Morgan fingerprint density at radius 2 is 1.33 bits per heavy atom. The summed E-state index contributed by atoms with van der Waals surface area (Å²) >= 11 is 11.8. The van der Waals surface area contributed by atoms with Gasteiger partial charge in [0.2, 0.25) is 0 Å². The summed E-state index contributed by atoms with van der Waals surface area (Å²) in [6.45, 7) is 0. The van der Waals surface area contributed by atoms with E-state index in [1.165, 1.54) is 0 Å². The molecular formula is C15H11Cl2N3O. The van der Waals surface area contributed by atoms with Crippen LogP contribution in [0.3, 0.4) is 0 Å². The van der Waals surface area contributed by atoms with Crippen molar-refractivity contribution in [2.75, 3.05) is 0 Å². The van der Waals surface area contributed by atoms with Gasteiger partial charge in [-0.1, -0.05) is 52.7 Å². The molecule has 0 fully saturated rings. The summed E-state index contributed by atoms with van der Waals surface area (Å²) in [5.74, 6) is 0. The molecule has 2 aromatic carbocycles. The number of hydrogen-bond acceptors (Lipinski definition) is 3. The van der Waals surface area contributed by atoms with Crippen LogP contribution in [0.4, 0.5) is 0 Å². The molecule has 1 heterocycles. The van der Waals surface area contributed by atoms with Gasteiger partial charge in [0.15, 0.2) is 5.60 Å². The molecule has 0 unspecified atom stereocenters. The van der Waals surface area contributed by atoms with E-state index >= 15 is 0 Å². The van der Waals surface area contributed by atoms with Crippen molar-refractivity contribution in [2.24, 2.45) is 0 Å². The molecule has 0 atom stereocenters. The van der Waals surface area contributed by atoms with E-state index in [4.69, 9.17) is 23.2 Å². The zero-order valence-electron chi connectivity index (χ0n) is 10.8. The molecule has 0 amide bonds. The Hall–Kier alpha value is -1.88. The summed E-state index contributed by atoms with van der Waals surface area (Å²) < 4.78 is 0. The second kappa shape index (κ2) is 5.48. The van der Waals surface area contributed by atoms with Crippen LogP contribution in [-0.2, 0) is 5.60 Å². The van der Waals surface area contributed by atoms with Crippen LogP contribution in [-0.4, -0.2) is 20.5 Å². The molecule has 6 heteroatoms. The van der Waals surface area contributed by atoms with Gasteiger partial charge < -0.3 is 5.11 Å². The summed E-state index contributed by atoms with van der Waals surface area (Å²) in [4.78, 5) is 0. The molecule has 0 saturated heterocycles. The number of H-pyrrole nitrogens is 1. The van der Waals surface area contributed by atoms with Crippen LogP contribution in [0.25, 0.3) is 0 Å². The number of benzene rings is 2. The van der Waals surface area contributed by atoms with Crippen LogP contribution in [0.2, 0.25) is 10.0 Å². The first-order valence-corrected chi connectivity index (χ1v) is 6.97. The van der Waals surface area contributed by atoms with Crippen LogP contribution in [0.5, 0.6) is 0 Å². The number of nitrogens with one attached hydrogen (secondary N) is 1. The highest BCUT2D eigenvalue weighted by atomic mass is 35.5. The quantitative estimate of drug-likeness (QED) is 0.777. The van der Waals surface area contributed by atoms with E-state index in [0.717, 1.165) is 0 Å². The van der Waals surface area contributed by atoms with Crippen molar-refractivity contribution in [2.45, 2.75) is 5.60 Å². The van der Waals surface area contributed by atoms with Crippen molar-refractivity contribution < 1.29 is 5.11 Å². The van der Waals surface area contributed by atoms with Crippen LogP contribution in [0, 0.1) is 0 Å². The molecule has 0 bridgehead atoms. The maximum Gasteiger partial charge on any atom is 0.160 e. The Balaban J connectivity index is 2.20. The molecule has 0 aliphatic carbocycles. The Kier molecular flexibility index (Phi) is 3.68. The molecule has 3 rings (SSSR count). The van der Waals surface area contributed by atoms with Crippen molar-refractivity contribution in [3.05, 3.63) is 81.6 Å². The van der Waals surface area contributed by atoms with Crippen LogP contribution < -0.4 is 0 Å². The fourth-order valence-corrected chi connectivity index (χ4v) is 2.48. The zero-order chi connectivity index (χ0) is 14.9. The lowest BCUT2D eigenvalue weighted by molar-refractivity contribution is 0.120. The number of aromatic amines is 1. The van der Waals surface area contributed by atoms with E-state index in [-0.39, 0.29) is 0 Å². The van der Waals surface area contributed by atoms with Gasteiger partial charge in [-0.15, -0.1) is 5.10 Å². The third kappa shape index (κ3) is 2.53. The van der Waals surface area contributed by atoms with Gasteiger partial charge in [-0.2, -0.15) is 0 Å². The minimum atomic E-state index is -1.43. The first-order chi connectivity index (χ1) is 10.1. The standard InChI is InChI=1S/C15H11Cl2N3O/c16-12-5-1-10(2-6-12)15(21,14-9-18-20-19-14)11-3-7-13(17)8-4-11/h1-9,21H,(H,18,19,20). The van der Waals surface area contributed by atoms with Crippen molar-refractivity contribution in [3.8, 4) is 0 Å². The molecule has 0 saturated carbocycles. The van der Waals surface area contributed by atoms with Gasteiger partial charge in [-0.05, 0) is 35.4 Å². The van der Waals surface area contributed by atoms with E-state index in [9.17, 15) is 5.11 Å². The fourth-order valence-electron chi connectivity index (χ4n) is 2.22. The summed E-state index contributed by atoms with van der Waals surface area (Å²) in [7, 11) is 0. The summed E-state index contributed by atoms with van der Waals surface area (Å²) in [6, 6.07) is 13.9. The molecule has 0 radical (unpaired) electrons. The highest BCUT2D eigenvalue weighted by Crippen LogP contribution is 2.36. The predicted octanol–water partition coefficient (Wildman–Crippen LogP) is 3.40. The average Bonchev–Trinajstić information content (AvgIpc) is 3.02. The van der Waals surface area contributed by atoms with Crippen LogP contribution >= 0.6 is 23.2 Å². The normalized spacial score (nSPS) is 11.6. The van der Waals surface area contributed by atoms with E-state index in [1.54, 1.807) is 54.7 Å². The lowest BCUT2D eigenvalue weighted by atomic mass is 9.84. The number of rotatable bonds is 3.